The Bertz CT molecular complexity index is 1230. The smallest absolute Gasteiger partial charge is 0.266 e. The molecule has 35 heavy (non-hydrogen) atoms. The molecule has 188 valence electrons. The summed E-state index contributed by atoms with van der Waals surface area (Å²) < 4.78 is 38.6. The molecule has 1 aromatic heterocycles. The third-order valence-corrected chi connectivity index (χ3v) is 9.16. The zero-order chi connectivity index (χ0) is 25.2. The first kappa shape index (κ1) is 25.9. The number of aromatic nitrogens is 1. The normalized spacial score (nSPS) is 18.8. The number of hydrogen-bond acceptors (Lipinski definition) is 9. The Balaban J connectivity index is 1.69. The lowest BCUT2D eigenvalue weighted by Crippen LogP contribution is -2.33. The molecule has 0 N–H and O–H groups in total. The van der Waals surface area contributed by atoms with Crippen LogP contribution in [0.25, 0.3) is 6.08 Å². The van der Waals surface area contributed by atoms with Gasteiger partial charge in [-0.15, -0.1) is 0 Å². The Morgan fingerprint density at radius 2 is 1.94 bits per heavy atom. The number of carbonyl (C=O) groups excluding carboxylic acids is 1. The molecule has 0 saturated carbocycles. The first-order valence-corrected chi connectivity index (χ1v) is 14.2. The number of piperidine rings is 1. The molecule has 0 radical (unpaired) electrons. The molecule has 2 aliphatic heterocycles. The Morgan fingerprint density at radius 1 is 1.26 bits per heavy atom. The minimum absolute atomic E-state index is 0.0710. The first-order valence-electron chi connectivity index (χ1n) is 11.5. The number of anilines is 1. The number of carbonyl (C=O) groups is 1. The fraction of sp³-hybridized carbons (Fsp3) is 0.458. The van der Waals surface area contributed by atoms with Crippen LogP contribution in [0.5, 0.6) is 0 Å². The number of rotatable bonds is 8. The molecule has 3 heterocycles. The number of aryl methyl sites for hydroxylation is 1. The molecule has 4 rings (SSSR count). The third kappa shape index (κ3) is 5.63. The van der Waals surface area contributed by atoms with Gasteiger partial charge in [0.05, 0.1) is 9.80 Å². The van der Waals surface area contributed by atoms with Gasteiger partial charge in [0.15, 0.2) is 0 Å². The van der Waals surface area contributed by atoms with Crippen LogP contribution >= 0.6 is 24.0 Å². The predicted octanol–water partition coefficient (Wildman–Crippen LogP) is 4.29. The SMILES string of the molecule is COCCCN1C(=O)C(=Cc2nc(S(=O)(=O)c3ccc(C)cc3)c(N3CCC(C)CC3)o2)SC1=S. The maximum Gasteiger partial charge on any atom is 0.266 e. The van der Waals surface area contributed by atoms with E-state index in [1.165, 1.54) is 11.0 Å². The summed E-state index contributed by atoms with van der Waals surface area (Å²) in [4.78, 5) is 21.2. The van der Waals surface area contributed by atoms with E-state index < -0.39 is 9.84 Å². The van der Waals surface area contributed by atoms with Gasteiger partial charge in [0.2, 0.25) is 26.6 Å². The van der Waals surface area contributed by atoms with E-state index >= 15 is 0 Å². The molecule has 2 aromatic rings. The van der Waals surface area contributed by atoms with E-state index in [2.05, 4.69) is 11.9 Å². The van der Waals surface area contributed by atoms with E-state index in [1.54, 1.807) is 31.4 Å². The zero-order valence-electron chi connectivity index (χ0n) is 20.0. The summed E-state index contributed by atoms with van der Waals surface area (Å²) in [5.41, 5.74) is 0.961. The largest absolute Gasteiger partial charge is 0.420 e. The van der Waals surface area contributed by atoms with Crippen molar-refractivity contribution in [2.45, 2.75) is 43.0 Å². The van der Waals surface area contributed by atoms with Gasteiger partial charge in [-0.3, -0.25) is 9.69 Å². The molecule has 0 atom stereocenters. The van der Waals surface area contributed by atoms with E-state index in [4.69, 9.17) is 21.4 Å². The van der Waals surface area contributed by atoms with E-state index in [0.717, 1.165) is 30.2 Å². The first-order chi connectivity index (χ1) is 16.7. The predicted molar refractivity (Wildman–Crippen MR) is 140 cm³/mol. The Kier molecular flexibility index (Phi) is 7.99. The molecule has 1 aromatic carbocycles. The van der Waals surface area contributed by atoms with Crippen LogP contribution in [0.1, 0.15) is 37.6 Å². The lowest BCUT2D eigenvalue weighted by atomic mass is 9.99. The van der Waals surface area contributed by atoms with Crippen LogP contribution in [-0.2, 0) is 19.4 Å². The number of thioether (sulfide) groups is 1. The highest BCUT2D eigenvalue weighted by Crippen LogP contribution is 2.37. The van der Waals surface area contributed by atoms with Crippen molar-refractivity contribution in [2.75, 3.05) is 38.3 Å². The second-order valence-corrected chi connectivity index (χ2v) is 12.4. The highest BCUT2D eigenvalue weighted by molar-refractivity contribution is 8.26. The summed E-state index contributed by atoms with van der Waals surface area (Å²) in [5, 5.41) is -0.127. The van der Waals surface area contributed by atoms with Crippen LogP contribution in [0.3, 0.4) is 0 Å². The van der Waals surface area contributed by atoms with E-state index in [9.17, 15) is 13.2 Å². The van der Waals surface area contributed by atoms with Crippen LogP contribution < -0.4 is 4.90 Å². The Morgan fingerprint density at radius 3 is 2.60 bits per heavy atom. The summed E-state index contributed by atoms with van der Waals surface area (Å²) in [6.07, 6.45) is 4.01. The molecule has 11 heteroatoms. The molecular weight excluding hydrogens is 506 g/mol. The summed E-state index contributed by atoms with van der Waals surface area (Å²) in [5.74, 6) is 0.608. The van der Waals surface area contributed by atoms with Gasteiger partial charge in [0.1, 0.15) is 4.32 Å². The van der Waals surface area contributed by atoms with Crippen molar-refractivity contribution in [2.24, 2.45) is 5.92 Å². The number of sulfone groups is 1. The summed E-state index contributed by atoms with van der Waals surface area (Å²) in [6, 6.07) is 6.66. The Hall–Kier alpha value is -2.21. The van der Waals surface area contributed by atoms with Gasteiger partial charge in [-0.05, 0) is 44.2 Å². The minimum atomic E-state index is -3.93. The van der Waals surface area contributed by atoms with Crippen molar-refractivity contribution in [3.8, 4) is 0 Å². The number of hydrogen-bond donors (Lipinski definition) is 0. The van der Waals surface area contributed by atoms with Gasteiger partial charge in [-0.1, -0.05) is 48.6 Å². The maximum atomic E-state index is 13.6. The number of thiocarbonyl (C=S) groups is 1. The second-order valence-electron chi connectivity index (χ2n) is 8.83. The highest BCUT2D eigenvalue weighted by Gasteiger charge is 2.35. The highest BCUT2D eigenvalue weighted by atomic mass is 32.2. The number of methoxy groups -OCH3 is 1. The number of nitrogens with zero attached hydrogens (tertiary/aromatic N) is 3. The lowest BCUT2D eigenvalue weighted by Gasteiger charge is -2.30. The van der Waals surface area contributed by atoms with Crippen molar-refractivity contribution < 1.29 is 22.4 Å². The average Bonchev–Trinajstić information content (AvgIpc) is 3.37. The van der Waals surface area contributed by atoms with Crippen molar-refractivity contribution in [1.82, 2.24) is 9.88 Å². The standard InChI is InChI=1S/C24H29N3O5S3/c1-16-5-7-18(8-6-16)35(29,30)21-23(26-12-9-17(2)10-13-26)32-20(25-21)15-19-22(28)27(24(33)34-19)11-4-14-31-3/h5-8,15,17H,4,9-14H2,1-3H3. The average molecular weight is 536 g/mol. The molecule has 2 saturated heterocycles. The molecule has 2 fully saturated rings. The van der Waals surface area contributed by atoms with E-state index in [-0.39, 0.29) is 27.6 Å². The molecule has 1 amide bonds. The maximum absolute atomic E-state index is 13.6. The van der Waals surface area contributed by atoms with Crippen LogP contribution in [-0.4, -0.2) is 61.9 Å². The number of benzene rings is 1. The molecule has 0 bridgehead atoms. The van der Waals surface area contributed by atoms with Crippen LogP contribution in [0, 0.1) is 12.8 Å². The van der Waals surface area contributed by atoms with Gasteiger partial charge in [-0.25, -0.2) is 8.42 Å². The molecule has 0 unspecified atom stereocenters. The molecule has 8 nitrogen and oxygen atoms in total. The lowest BCUT2D eigenvalue weighted by molar-refractivity contribution is -0.122. The summed E-state index contributed by atoms with van der Waals surface area (Å²) in [6.45, 7) is 6.40. The van der Waals surface area contributed by atoms with Gasteiger partial charge in [-0.2, -0.15) is 4.98 Å². The van der Waals surface area contributed by atoms with E-state index in [1.807, 2.05) is 11.8 Å². The Labute approximate surface area is 215 Å². The fourth-order valence-electron chi connectivity index (χ4n) is 3.96. The second kappa shape index (κ2) is 10.8. The van der Waals surface area contributed by atoms with Crippen molar-refractivity contribution in [1.29, 1.82) is 0 Å². The van der Waals surface area contributed by atoms with E-state index in [0.29, 0.717) is 47.8 Å². The van der Waals surface area contributed by atoms with Gasteiger partial charge in [0, 0.05) is 39.4 Å². The van der Waals surface area contributed by atoms with Gasteiger partial charge >= 0.3 is 0 Å². The topological polar surface area (TPSA) is 92.9 Å². The number of ether oxygens (including phenoxy) is 1. The zero-order valence-corrected chi connectivity index (χ0v) is 22.5. The fourth-order valence-corrected chi connectivity index (χ4v) is 6.56. The van der Waals surface area contributed by atoms with Crippen LogP contribution in [0.2, 0.25) is 0 Å². The molecule has 0 spiro atoms. The van der Waals surface area contributed by atoms with Crippen molar-refractivity contribution in [3.63, 3.8) is 0 Å². The molecule has 0 aliphatic carbocycles. The minimum Gasteiger partial charge on any atom is -0.420 e. The van der Waals surface area contributed by atoms with Crippen LogP contribution in [0.15, 0.2) is 43.5 Å². The molecule has 2 aliphatic rings. The van der Waals surface area contributed by atoms with Crippen LogP contribution in [0.4, 0.5) is 5.88 Å². The molecular formula is C24H29N3O5S3. The number of oxazole rings is 1. The quantitative estimate of drug-likeness (QED) is 0.279. The van der Waals surface area contributed by atoms with Gasteiger partial charge in [0.25, 0.3) is 5.91 Å². The van der Waals surface area contributed by atoms with Gasteiger partial charge < -0.3 is 14.1 Å². The number of amides is 1. The van der Waals surface area contributed by atoms with Crippen molar-refractivity contribution in [3.05, 3.63) is 40.6 Å². The monoisotopic (exact) mass is 535 g/mol. The van der Waals surface area contributed by atoms with Crippen molar-refractivity contribution >= 4 is 56.0 Å². The summed E-state index contributed by atoms with van der Waals surface area (Å²) >= 11 is 6.53. The summed E-state index contributed by atoms with van der Waals surface area (Å²) in [7, 11) is -2.32. The third-order valence-electron chi connectivity index (χ3n) is 6.11.